The van der Waals surface area contributed by atoms with Gasteiger partial charge in [0.1, 0.15) is 0 Å². The Kier molecular flexibility index (Phi) is 20.7. The molecule has 0 aliphatic heterocycles. The predicted molar refractivity (Wildman–Crippen MR) is 40.5 cm³/mol. The molecule has 0 bridgehead atoms. The number of hydrogen-bond acceptors (Lipinski definition) is 5. The van der Waals surface area contributed by atoms with E-state index in [0.29, 0.717) is 6.54 Å². The van der Waals surface area contributed by atoms with Crippen LogP contribution < -0.4 is 10.2 Å². The molecular weight excluding hydrogens is 287 g/mol. The SMILES string of the molecule is CC(=O)[O-].CCN=CC(=O)[O-].[Ba+2]. The summed E-state index contributed by atoms with van der Waals surface area (Å²) < 4.78 is 0. The standard InChI is InChI=1S/C4H7NO2.C2H4O2.Ba/c1-2-5-3-4(6)7;1-2(3)4;/h3H,2H2,1H3,(H,6,7);1H3,(H,3,4);/q;;+2/p-2. The number of hydrogen-bond donors (Lipinski definition) is 0. The van der Waals surface area contributed by atoms with Crippen molar-refractivity contribution in [1.29, 1.82) is 0 Å². The van der Waals surface area contributed by atoms with Gasteiger partial charge < -0.3 is 19.8 Å². The van der Waals surface area contributed by atoms with Crippen molar-refractivity contribution in [3.8, 4) is 0 Å². The first-order valence-corrected chi connectivity index (χ1v) is 2.89. The fourth-order valence-corrected chi connectivity index (χ4v) is 0.166. The molecule has 0 radical (unpaired) electrons. The second kappa shape index (κ2) is 13.7. The molecule has 0 heterocycles. The number of carbonyl (C=O) groups is 2. The second-order valence-corrected chi connectivity index (χ2v) is 1.44. The Morgan fingerprint density at radius 1 is 1.42 bits per heavy atom. The third-order valence-corrected chi connectivity index (χ3v) is 0.379. The van der Waals surface area contributed by atoms with Crippen molar-refractivity contribution in [3.63, 3.8) is 0 Å². The van der Waals surface area contributed by atoms with E-state index in [-0.39, 0.29) is 48.9 Å². The second-order valence-electron chi connectivity index (χ2n) is 1.44. The van der Waals surface area contributed by atoms with Crippen molar-refractivity contribution < 1.29 is 19.8 Å². The minimum atomic E-state index is -1.23. The van der Waals surface area contributed by atoms with Gasteiger partial charge in [0.25, 0.3) is 0 Å². The van der Waals surface area contributed by atoms with E-state index in [1.807, 2.05) is 0 Å². The van der Waals surface area contributed by atoms with Gasteiger partial charge in [-0.15, -0.1) is 0 Å². The van der Waals surface area contributed by atoms with E-state index in [9.17, 15) is 9.90 Å². The topological polar surface area (TPSA) is 92.6 Å². The Morgan fingerprint density at radius 2 is 1.75 bits per heavy atom. The van der Waals surface area contributed by atoms with Gasteiger partial charge in [0.05, 0.1) is 5.97 Å². The molecule has 0 aliphatic carbocycles. The Hall–Kier alpha value is 0.181. The summed E-state index contributed by atoms with van der Waals surface area (Å²) in [6.45, 7) is 3.22. The monoisotopic (exact) mass is 297 g/mol. The zero-order chi connectivity index (χ0) is 9.28. The first-order chi connectivity index (χ1) is 5.00. The first kappa shape index (κ1) is 18.1. The molecule has 64 valence electrons. The van der Waals surface area contributed by atoms with Gasteiger partial charge in [0.2, 0.25) is 0 Å². The van der Waals surface area contributed by atoms with Crippen LogP contribution in [-0.4, -0.2) is 73.6 Å². The molecule has 0 unspecified atom stereocenters. The minimum absolute atomic E-state index is 0. The molecule has 0 N–H and O–H groups in total. The van der Waals surface area contributed by atoms with Crippen LogP contribution in [0.4, 0.5) is 0 Å². The molecule has 0 amide bonds. The maximum absolute atomic E-state index is 9.50. The molecule has 0 rings (SSSR count). The number of rotatable bonds is 2. The van der Waals surface area contributed by atoms with Crippen molar-refractivity contribution in [3.05, 3.63) is 0 Å². The van der Waals surface area contributed by atoms with Gasteiger partial charge in [0, 0.05) is 18.7 Å². The largest absolute Gasteiger partial charge is 2.00 e. The van der Waals surface area contributed by atoms with Crippen molar-refractivity contribution in [1.82, 2.24) is 0 Å². The number of aliphatic carboxylic acids is 2. The predicted octanol–water partition coefficient (Wildman–Crippen LogP) is -2.80. The fourth-order valence-electron chi connectivity index (χ4n) is 0.166. The third kappa shape index (κ3) is 49.1. The molecule has 5 nitrogen and oxygen atoms in total. The van der Waals surface area contributed by atoms with E-state index < -0.39 is 11.9 Å². The molecule has 0 aromatic carbocycles. The van der Waals surface area contributed by atoms with Crippen LogP contribution >= 0.6 is 0 Å². The number of aliphatic imine (C=N–C) groups is 1. The first-order valence-electron chi connectivity index (χ1n) is 2.89. The average molecular weight is 296 g/mol. The van der Waals surface area contributed by atoms with Gasteiger partial charge in [-0.3, -0.25) is 4.99 Å². The van der Waals surface area contributed by atoms with Crippen molar-refractivity contribution in [2.75, 3.05) is 6.54 Å². The van der Waals surface area contributed by atoms with Crippen LogP contribution in [0, 0.1) is 0 Å². The van der Waals surface area contributed by atoms with E-state index in [1.165, 1.54) is 0 Å². The molecule has 0 aliphatic rings. The summed E-state index contributed by atoms with van der Waals surface area (Å²) in [4.78, 5) is 21.8. The summed E-state index contributed by atoms with van der Waals surface area (Å²) in [5, 5.41) is 18.4. The molecule has 0 spiro atoms. The Labute approximate surface area is 111 Å². The van der Waals surface area contributed by atoms with Crippen molar-refractivity contribution in [2.24, 2.45) is 4.99 Å². The van der Waals surface area contributed by atoms with Crippen LogP contribution in [0.5, 0.6) is 0 Å². The van der Waals surface area contributed by atoms with Crippen LogP contribution in [0.25, 0.3) is 0 Å². The van der Waals surface area contributed by atoms with Crippen molar-refractivity contribution in [2.45, 2.75) is 13.8 Å². The molecule has 0 saturated carbocycles. The number of nitrogens with zero attached hydrogens (tertiary/aromatic N) is 1. The van der Waals surface area contributed by atoms with Crippen LogP contribution in [0.2, 0.25) is 0 Å². The van der Waals surface area contributed by atoms with E-state index in [0.717, 1.165) is 13.1 Å². The fraction of sp³-hybridized carbons (Fsp3) is 0.500. The van der Waals surface area contributed by atoms with E-state index >= 15 is 0 Å². The van der Waals surface area contributed by atoms with E-state index in [4.69, 9.17) is 9.90 Å². The molecule has 0 aromatic rings. The smallest absolute Gasteiger partial charge is 0.550 e. The average Bonchev–Trinajstić information content (AvgIpc) is 1.82. The molecule has 0 saturated heterocycles. The maximum atomic E-state index is 9.50. The summed E-state index contributed by atoms with van der Waals surface area (Å²) in [5.74, 6) is -2.32. The number of carboxylic acid groups (broad SMARTS) is 2. The summed E-state index contributed by atoms with van der Waals surface area (Å²) in [7, 11) is 0. The van der Waals surface area contributed by atoms with Gasteiger partial charge in [-0.25, -0.2) is 0 Å². The Morgan fingerprint density at radius 3 is 1.83 bits per heavy atom. The zero-order valence-corrected chi connectivity index (χ0v) is 11.5. The molecule has 12 heavy (non-hydrogen) atoms. The van der Waals surface area contributed by atoms with E-state index in [2.05, 4.69) is 4.99 Å². The van der Waals surface area contributed by atoms with Gasteiger partial charge in [-0.1, -0.05) is 0 Å². The van der Waals surface area contributed by atoms with Gasteiger partial charge in [-0.05, 0) is 13.8 Å². The number of carbonyl (C=O) groups excluding carboxylic acids is 2. The van der Waals surface area contributed by atoms with E-state index in [1.54, 1.807) is 6.92 Å². The summed E-state index contributed by atoms with van der Waals surface area (Å²) in [6, 6.07) is 0. The van der Waals surface area contributed by atoms with Crippen LogP contribution in [-0.2, 0) is 9.59 Å². The maximum Gasteiger partial charge on any atom is 2.00 e. The minimum Gasteiger partial charge on any atom is -0.550 e. The molecule has 0 aromatic heterocycles. The quantitative estimate of drug-likeness (QED) is 0.406. The van der Waals surface area contributed by atoms with Gasteiger partial charge >= 0.3 is 48.9 Å². The molecular formula is C6H9BaNO4. The summed E-state index contributed by atoms with van der Waals surface area (Å²) in [5.41, 5.74) is 0. The molecule has 6 heteroatoms. The van der Waals surface area contributed by atoms with Crippen LogP contribution in [0.1, 0.15) is 13.8 Å². The summed E-state index contributed by atoms with van der Waals surface area (Å²) in [6.07, 6.45) is 0.778. The third-order valence-electron chi connectivity index (χ3n) is 0.379. The van der Waals surface area contributed by atoms with Crippen LogP contribution in [0.15, 0.2) is 4.99 Å². The Bertz CT molecular complexity index is 154. The van der Waals surface area contributed by atoms with Gasteiger partial charge in [-0.2, -0.15) is 0 Å². The molecule has 0 fully saturated rings. The van der Waals surface area contributed by atoms with Crippen LogP contribution in [0.3, 0.4) is 0 Å². The summed E-state index contributed by atoms with van der Waals surface area (Å²) >= 11 is 0. The van der Waals surface area contributed by atoms with Crippen molar-refractivity contribution >= 4 is 67.0 Å². The zero-order valence-electron chi connectivity index (χ0n) is 7.07. The van der Waals surface area contributed by atoms with Gasteiger partial charge in [0.15, 0.2) is 0 Å². The molecule has 0 atom stereocenters. The normalized spacial score (nSPS) is 7.83. The number of carboxylic acids is 2. The Balaban J connectivity index is -0.000000142.